The fourth-order valence-electron chi connectivity index (χ4n) is 2.52. The summed E-state index contributed by atoms with van der Waals surface area (Å²) < 4.78 is 60.4. The number of aryl methyl sites for hydroxylation is 1. The zero-order valence-corrected chi connectivity index (χ0v) is 16.0. The van der Waals surface area contributed by atoms with Gasteiger partial charge in [0.1, 0.15) is 11.6 Å². The molecule has 0 radical (unpaired) electrons. The molecule has 1 aromatic carbocycles. The number of rotatable bonds is 6. The summed E-state index contributed by atoms with van der Waals surface area (Å²) in [6.45, 7) is 1.24. The van der Waals surface area contributed by atoms with E-state index in [1.54, 1.807) is 24.3 Å². The van der Waals surface area contributed by atoms with Gasteiger partial charge in [-0.3, -0.25) is 0 Å². The minimum absolute atomic E-state index is 0.130. The normalized spacial score (nSPS) is 11.3. The van der Waals surface area contributed by atoms with Gasteiger partial charge >= 0.3 is 0 Å². The smallest absolute Gasteiger partial charge is 0.286 e. The van der Waals surface area contributed by atoms with Crippen LogP contribution in [0.25, 0.3) is 0 Å². The number of hydrogen-bond donors (Lipinski definition) is 0. The van der Waals surface area contributed by atoms with Crippen molar-refractivity contribution >= 4 is 15.8 Å². The third-order valence-electron chi connectivity index (χ3n) is 4.03. The standard InChI is InChI=1S/C19H17F2N3O3S/c1-13-10-11-22-19(18(13)21)28(25,26)24(17-5-3-4-16(20)23-17)12-14-6-8-15(27-2)9-7-14/h3-11H,12H2,1-2H3. The van der Waals surface area contributed by atoms with E-state index in [1.165, 1.54) is 38.4 Å². The van der Waals surface area contributed by atoms with Crippen LogP contribution in [0.4, 0.5) is 14.6 Å². The maximum absolute atomic E-state index is 14.5. The van der Waals surface area contributed by atoms with Crippen LogP contribution in [0.2, 0.25) is 0 Å². The van der Waals surface area contributed by atoms with Crippen LogP contribution in [0.1, 0.15) is 11.1 Å². The molecule has 6 nitrogen and oxygen atoms in total. The van der Waals surface area contributed by atoms with Crippen LogP contribution in [-0.2, 0) is 16.6 Å². The van der Waals surface area contributed by atoms with E-state index in [9.17, 15) is 17.2 Å². The molecule has 2 heterocycles. The molecule has 0 saturated carbocycles. The molecular weight excluding hydrogens is 388 g/mol. The highest BCUT2D eigenvalue weighted by atomic mass is 32.2. The van der Waals surface area contributed by atoms with Crippen molar-refractivity contribution in [2.45, 2.75) is 18.5 Å². The van der Waals surface area contributed by atoms with Crippen LogP contribution in [-0.4, -0.2) is 25.5 Å². The maximum Gasteiger partial charge on any atom is 0.286 e. The maximum atomic E-state index is 14.5. The molecule has 2 aromatic heterocycles. The Morgan fingerprint density at radius 1 is 1.07 bits per heavy atom. The first-order valence-corrected chi connectivity index (χ1v) is 9.66. The Morgan fingerprint density at radius 2 is 1.79 bits per heavy atom. The van der Waals surface area contributed by atoms with Gasteiger partial charge in [0, 0.05) is 6.20 Å². The van der Waals surface area contributed by atoms with E-state index in [1.807, 2.05) is 0 Å². The zero-order valence-electron chi connectivity index (χ0n) is 15.1. The molecular formula is C19H17F2N3O3S. The fraction of sp³-hybridized carbons (Fsp3) is 0.158. The van der Waals surface area contributed by atoms with Crippen LogP contribution >= 0.6 is 0 Å². The van der Waals surface area contributed by atoms with Crippen molar-refractivity contribution in [3.8, 4) is 5.75 Å². The van der Waals surface area contributed by atoms with Gasteiger partial charge in [-0.1, -0.05) is 18.2 Å². The SMILES string of the molecule is COc1ccc(CN(c2cccc(F)n2)S(=O)(=O)c2nccc(C)c2F)cc1. The molecule has 0 aliphatic carbocycles. The molecule has 28 heavy (non-hydrogen) atoms. The molecule has 0 amide bonds. The van der Waals surface area contributed by atoms with Gasteiger partial charge in [-0.15, -0.1) is 0 Å². The van der Waals surface area contributed by atoms with E-state index >= 15 is 0 Å². The fourth-order valence-corrected chi connectivity index (χ4v) is 3.98. The van der Waals surface area contributed by atoms with Crippen molar-refractivity contribution in [2.24, 2.45) is 0 Å². The lowest BCUT2D eigenvalue weighted by Crippen LogP contribution is -2.33. The Bertz CT molecular complexity index is 1090. The lowest BCUT2D eigenvalue weighted by atomic mass is 10.2. The first kappa shape index (κ1) is 19.7. The average Bonchev–Trinajstić information content (AvgIpc) is 2.68. The minimum atomic E-state index is -4.45. The molecule has 0 N–H and O–H groups in total. The highest BCUT2D eigenvalue weighted by molar-refractivity contribution is 7.92. The summed E-state index contributed by atoms with van der Waals surface area (Å²) in [5, 5.41) is -0.743. The second kappa shape index (κ2) is 7.89. The van der Waals surface area contributed by atoms with Crippen molar-refractivity contribution in [3.05, 3.63) is 77.6 Å². The topological polar surface area (TPSA) is 72.4 Å². The first-order chi connectivity index (χ1) is 13.3. The Morgan fingerprint density at radius 3 is 2.43 bits per heavy atom. The van der Waals surface area contributed by atoms with Gasteiger partial charge in [0.25, 0.3) is 10.0 Å². The Balaban J connectivity index is 2.11. The summed E-state index contributed by atoms with van der Waals surface area (Å²) in [5.41, 5.74) is 0.702. The van der Waals surface area contributed by atoms with Gasteiger partial charge in [-0.2, -0.15) is 12.8 Å². The summed E-state index contributed by atoms with van der Waals surface area (Å²) in [7, 11) is -2.94. The molecule has 0 aliphatic rings. The van der Waals surface area contributed by atoms with E-state index < -0.39 is 26.8 Å². The van der Waals surface area contributed by atoms with E-state index in [0.717, 1.165) is 10.4 Å². The summed E-state index contributed by atoms with van der Waals surface area (Å²) in [6.07, 6.45) is 1.20. The Kier molecular flexibility index (Phi) is 5.55. The highest BCUT2D eigenvalue weighted by Crippen LogP contribution is 2.26. The number of hydrogen-bond acceptors (Lipinski definition) is 5. The van der Waals surface area contributed by atoms with Gasteiger partial charge in [0.2, 0.25) is 11.0 Å². The Hall–Kier alpha value is -3.07. The van der Waals surface area contributed by atoms with E-state index in [2.05, 4.69) is 9.97 Å². The monoisotopic (exact) mass is 405 g/mol. The second-order valence-corrected chi connectivity index (χ2v) is 7.70. The van der Waals surface area contributed by atoms with Crippen LogP contribution < -0.4 is 9.04 Å². The molecule has 0 fully saturated rings. The molecule has 0 unspecified atom stereocenters. The van der Waals surface area contributed by atoms with Gasteiger partial charge in [-0.05, 0) is 48.4 Å². The molecule has 0 bridgehead atoms. The van der Waals surface area contributed by atoms with E-state index in [0.29, 0.717) is 11.3 Å². The van der Waals surface area contributed by atoms with Crippen molar-refractivity contribution < 1.29 is 21.9 Å². The van der Waals surface area contributed by atoms with Crippen molar-refractivity contribution in [2.75, 3.05) is 11.4 Å². The molecule has 0 saturated heterocycles. The quantitative estimate of drug-likeness (QED) is 0.587. The number of anilines is 1. The van der Waals surface area contributed by atoms with E-state index in [-0.39, 0.29) is 17.9 Å². The molecule has 3 aromatic rings. The number of methoxy groups -OCH3 is 1. The molecule has 146 valence electrons. The van der Waals surface area contributed by atoms with Crippen LogP contribution in [0, 0.1) is 18.7 Å². The summed E-state index contributed by atoms with van der Waals surface area (Å²) in [4.78, 5) is 7.35. The number of benzene rings is 1. The summed E-state index contributed by atoms with van der Waals surface area (Å²) in [5.74, 6) is -1.41. The largest absolute Gasteiger partial charge is 0.497 e. The van der Waals surface area contributed by atoms with Gasteiger partial charge in [0.05, 0.1) is 13.7 Å². The number of ether oxygens (including phenoxy) is 1. The van der Waals surface area contributed by atoms with Gasteiger partial charge in [0.15, 0.2) is 5.82 Å². The molecule has 0 spiro atoms. The van der Waals surface area contributed by atoms with Crippen molar-refractivity contribution in [1.82, 2.24) is 9.97 Å². The summed E-state index contributed by atoms with van der Waals surface area (Å²) in [6, 6.07) is 11.7. The molecule has 3 rings (SSSR count). The molecule has 0 atom stereocenters. The van der Waals surface area contributed by atoms with Crippen LogP contribution in [0.15, 0.2) is 59.8 Å². The van der Waals surface area contributed by atoms with Gasteiger partial charge in [-0.25, -0.2) is 18.7 Å². The van der Waals surface area contributed by atoms with Crippen LogP contribution in [0.3, 0.4) is 0 Å². The van der Waals surface area contributed by atoms with E-state index in [4.69, 9.17) is 4.74 Å². The predicted octanol–water partition coefficient (Wildman–Crippen LogP) is 3.47. The number of aromatic nitrogens is 2. The number of nitrogens with zero attached hydrogens (tertiary/aromatic N) is 3. The first-order valence-electron chi connectivity index (χ1n) is 8.22. The zero-order chi connectivity index (χ0) is 20.3. The van der Waals surface area contributed by atoms with Crippen LogP contribution in [0.5, 0.6) is 5.75 Å². The number of pyridine rings is 2. The van der Waals surface area contributed by atoms with Gasteiger partial charge < -0.3 is 4.74 Å². The molecule has 0 aliphatic heterocycles. The predicted molar refractivity (Wildman–Crippen MR) is 99.5 cm³/mol. The average molecular weight is 405 g/mol. The third-order valence-corrected chi connectivity index (χ3v) is 5.70. The van der Waals surface area contributed by atoms with Crippen molar-refractivity contribution in [1.29, 1.82) is 0 Å². The number of sulfonamides is 1. The lowest BCUT2D eigenvalue weighted by molar-refractivity contribution is 0.414. The third kappa shape index (κ3) is 3.94. The Labute approximate surface area is 161 Å². The lowest BCUT2D eigenvalue weighted by Gasteiger charge is -2.23. The molecule has 9 heteroatoms. The second-order valence-electron chi connectivity index (χ2n) is 5.93. The van der Waals surface area contributed by atoms with Crippen molar-refractivity contribution in [3.63, 3.8) is 0 Å². The number of halogens is 2. The minimum Gasteiger partial charge on any atom is -0.497 e. The summed E-state index contributed by atoms with van der Waals surface area (Å²) >= 11 is 0. The highest BCUT2D eigenvalue weighted by Gasteiger charge is 2.31.